The summed E-state index contributed by atoms with van der Waals surface area (Å²) in [7, 11) is -1.48. The Morgan fingerprint density at radius 1 is 1.17 bits per heavy atom. The summed E-state index contributed by atoms with van der Waals surface area (Å²) in [6.45, 7) is 6.24. The summed E-state index contributed by atoms with van der Waals surface area (Å²) < 4.78 is 24.7. The van der Waals surface area contributed by atoms with Crippen LogP contribution in [0.3, 0.4) is 0 Å². The lowest BCUT2D eigenvalue weighted by molar-refractivity contribution is 0.461. The molecule has 0 aliphatic heterocycles. The van der Waals surface area contributed by atoms with Crippen molar-refractivity contribution in [3.63, 3.8) is 0 Å². The van der Waals surface area contributed by atoms with Gasteiger partial charge in [0, 0.05) is 26.7 Å². The zero-order valence-electron chi connectivity index (χ0n) is 14.2. The van der Waals surface area contributed by atoms with Crippen LogP contribution in [0.5, 0.6) is 0 Å². The van der Waals surface area contributed by atoms with Gasteiger partial charge in [-0.25, -0.2) is 17.7 Å². The number of hydrogen-bond donors (Lipinski definition) is 2. The Morgan fingerprint density at radius 2 is 1.87 bits per heavy atom. The van der Waals surface area contributed by atoms with Crippen LogP contribution in [0.25, 0.3) is 0 Å². The average molecular weight is 340 g/mol. The molecule has 0 fully saturated rings. The third-order valence-electron chi connectivity index (χ3n) is 3.39. The van der Waals surface area contributed by atoms with Gasteiger partial charge < -0.3 is 10.6 Å². The molecule has 0 unspecified atom stereocenters. The molecule has 0 radical (unpaired) electrons. The maximum atomic E-state index is 11.7. The number of nitrogens with zero attached hydrogens (tertiary/aromatic N) is 2. The minimum Gasteiger partial charge on any atom is -0.357 e. The van der Waals surface area contributed by atoms with E-state index in [9.17, 15) is 8.42 Å². The van der Waals surface area contributed by atoms with Crippen LogP contribution in [0.1, 0.15) is 25.8 Å². The lowest BCUT2D eigenvalue weighted by Crippen LogP contribution is -2.39. The Kier molecular flexibility index (Phi) is 8.65. The van der Waals surface area contributed by atoms with Crippen molar-refractivity contribution in [1.29, 1.82) is 0 Å². The number of hydrogen-bond acceptors (Lipinski definition) is 3. The number of nitrogens with one attached hydrogen (secondary N) is 2. The number of rotatable bonds is 9. The summed E-state index contributed by atoms with van der Waals surface area (Å²) in [5.74, 6) is 0.885. The molecule has 0 aliphatic carbocycles. The van der Waals surface area contributed by atoms with E-state index in [1.54, 1.807) is 14.0 Å². The standard InChI is InChI=1S/C16H28N4O2S/c1-4-17-16(19-14-15-10-7-6-8-11-15)18-12-9-13-20(3)23(21,22)5-2/h6-8,10-11H,4-5,9,12-14H2,1-3H3,(H2,17,18,19). The van der Waals surface area contributed by atoms with E-state index in [-0.39, 0.29) is 5.75 Å². The van der Waals surface area contributed by atoms with Crippen LogP contribution in [-0.4, -0.2) is 51.1 Å². The molecule has 130 valence electrons. The van der Waals surface area contributed by atoms with Gasteiger partial charge in [-0.1, -0.05) is 30.3 Å². The largest absolute Gasteiger partial charge is 0.357 e. The van der Waals surface area contributed by atoms with Gasteiger partial charge in [-0.2, -0.15) is 0 Å². The first-order valence-electron chi connectivity index (χ1n) is 7.99. The van der Waals surface area contributed by atoms with E-state index in [1.165, 1.54) is 4.31 Å². The Morgan fingerprint density at radius 3 is 2.48 bits per heavy atom. The number of benzene rings is 1. The zero-order chi connectivity index (χ0) is 17.1. The van der Waals surface area contributed by atoms with E-state index in [2.05, 4.69) is 15.6 Å². The highest BCUT2D eigenvalue weighted by Gasteiger charge is 2.13. The molecule has 6 nitrogen and oxygen atoms in total. The molecule has 0 heterocycles. The highest BCUT2D eigenvalue weighted by molar-refractivity contribution is 7.89. The van der Waals surface area contributed by atoms with E-state index in [4.69, 9.17) is 0 Å². The smallest absolute Gasteiger partial charge is 0.213 e. The Labute approximate surface area is 140 Å². The second-order valence-corrected chi connectivity index (χ2v) is 7.55. The van der Waals surface area contributed by atoms with Crippen molar-refractivity contribution in [2.75, 3.05) is 32.4 Å². The maximum absolute atomic E-state index is 11.7. The molecule has 7 heteroatoms. The minimum atomic E-state index is -3.10. The van der Waals surface area contributed by atoms with Gasteiger partial charge in [-0.3, -0.25) is 0 Å². The summed E-state index contributed by atoms with van der Waals surface area (Å²) in [5.41, 5.74) is 1.15. The SMILES string of the molecule is CCNC(=NCc1ccccc1)NCCCN(C)S(=O)(=O)CC. The summed E-state index contributed by atoms with van der Waals surface area (Å²) in [6, 6.07) is 10.1. The molecule has 0 saturated heterocycles. The van der Waals surface area contributed by atoms with E-state index in [0.29, 0.717) is 19.6 Å². The van der Waals surface area contributed by atoms with Crippen molar-refractivity contribution in [2.24, 2.45) is 4.99 Å². The molecule has 1 aromatic carbocycles. The van der Waals surface area contributed by atoms with Gasteiger partial charge in [0.05, 0.1) is 12.3 Å². The van der Waals surface area contributed by atoms with Crippen LogP contribution < -0.4 is 10.6 Å². The first kappa shape index (κ1) is 19.4. The summed E-state index contributed by atoms with van der Waals surface area (Å²) in [5, 5.41) is 6.42. The number of guanidine groups is 1. The summed E-state index contributed by atoms with van der Waals surface area (Å²) in [4.78, 5) is 4.53. The maximum Gasteiger partial charge on any atom is 0.213 e. The monoisotopic (exact) mass is 340 g/mol. The van der Waals surface area contributed by atoms with Crippen molar-refractivity contribution in [3.8, 4) is 0 Å². The van der Waals surface area contributed by atoms with Gasteiger partial charge in [0.2, 0.25) is 10.0 Å². The molecule has 1 aromatic rings. The molecular weight excluding hydrogens is 312 g/mol. The van der Waals surface area contributed by atoms with E-state index >= 15 is 0 Å². The van der Waals surface area contributed by atoms with Crippen LogP contribution in [0, 0.1) is 0 Å². The van der Waals surface area contributed by atoms with Gasteiger partial charge in [0.15, 0.2) is 5.96 Å². The molecule has 0 atom stereocenters. The van der Waals surface area contributed by atoms with Gasteiger partial charge in [0.1, 0.15) is 0 Å². The molecule has 23 heavy (non-hydrogen) atoms. The predicted octanol–water partition coefficient (Wildman–Crippen LogP) is 1.41. The van der Waals surface area contributed by atoms with E-state index in [0.717, 1.165) is 24.5 Å². The second-order valence-electron chi connectivity index (χ2n) is 5.18. The average Bonchev–Trinajstić information content (AvgIpc) is 2.57. The van der Waals surface area contributed by atoms with Crippen molar-refractivity contribution in [2.45, 2.75) is 26.8 Å². The molecular formula is C16H28N4O2S. The molecule has 0 saturated carbocycles. The molecule has 1 rings (SSSR count). The van der Waals surface area contributed by atoms with Crippen LogP contribution >= 0.6 is 0 Å². The topological polar surface area (TPSA) is 73.8 Å². The first-order valence-corrected chi connectivity index (χ1v) is 9.60. The fourth-order valence-corrected chi connectivity index (χ4v) is 2.81. The number of sulfonamides is 1. The fraction of sp³-hybridized carbons (Fsp3) is 0.562. The van der Waals surface area contributed by atoms with Gasteiger partial charge >= 0.3 is 0 Å². The van der Waals surface area contributed by atoms with E-state index in [1.807, 2.05) is 37.3 Å². The van der Waals surface area contributed by atoms with Gasteiger partial charge in [0.25, 0.3) is 0 Å². The third-order valence-corrected chi connectivity index (χ3v) is 5.25. The molecule has 0 spiro atoms. The highest BCUT2D eigenvalue weighted by Crippen LogP contribution is 2.00. The molecule has 0 aromatic heterocycles. The Bertz CT molecular complexity index is 573. The normalized spacial score (nSPS) is 12.4. The minimum absolute atomic E-state index is 0.137. The van der Waals surface area contributed by atoms with E-state index < -0.39 is 10.0 Å². The molecule has 0 bridgehead atoms. The zero-order valence-corrected chi connectivity index (χ0v) is 15.1. The lowest BCUT2D eigenvalue weighted by Gasteiger charge is -2.16. The number of aliphatic imine (C=N–C) groups is 1. The lowest BCUT2D eigenvalue weighted by atomic mass is 10.2. The van der Waals surface area contributed by atoms with Gasteiger partial charge in [-0.05, 0) is 25.8 Å². The van der Waals surface area contributed by atoms with Crippen molar-refractivity contribution in [1.82, 2.24) is 14.9 Å². The summed E-state index contributed by atoms with van der Waals surface area (Å²) >= 11 is 0. The predicted molar refractivity (Wildman–Crippen MR) is 96.0 cm³/mol. The van der Waals surface area contributed by atoms with Crippen LogP contribution in [0.15, 0.2) is 35.3 Å². The van der Waals surface area contributed by atoms with Gasteiger partial charge in [-0.15, -0.1) is 0 Å². The van der Waals surface area contributed by atoms with Crippen LogP contribution in [-0.2, 0) is 16.6 Å². The third kappa shape index (κ3) is 7.47. The molecule has 0 amide bonds. The van der Waals surface area contributed by atoms with Crippen LogP contribution in [0.2, 0.25) is 0 Å². The molecule has 2 N–H and O–H groups in total. The fourth-order valence-electron chi connectivity index (χ4n) is 1.96. The highest BCUT2D eigenvalue weighted by atomic mass is 32.2. The van der Waals surface area contributed by atoms with Crippen molar-refractivity contribution >= 4 is 16.0 Å². The quantitative estimate of drug-likeness (QED) is 0.405. The summed E-state index contributed by atoms with van der Waals surface area (Å²) in [6.07, 6.45) is 0.728. The van der Waals surface area contributed by atoms with Crippen LogP contribution in [0.4, 0.5) is 0 Å². The van der Waals surface area contributed by atoms with Crippen molar-refractivity contribution in [3.05, 3.63) is 35.9 Å². The Balaban J connectivity index is 2.41. The Hall–Kier alpha value is -1.60. The second kappa shape index (κ2) is 10.2. The first-order chi connectivity index (χ1) is 11.0. The van der Waals surface area contributed by atoms with Crippen molar-refractivity contribution < 1.29 is 8.42 Å². The molecule has 0 aliphatic rings.